The maximum absolute atomic E-state index is 11.8. The second-order valence-electron chi connectivity index (χ2n) is 3.96. The maximum Gasteiger partial charge on any atom is 0.325 e. The van der Waals surface area contributed by atoms with Gasteiger partial charge in [-0.25, -0.2) is 9.78 Å². The second kappa shape index (κ2) is 7.05. The largest absolute Gasteiger partial charge is 0.351 e. The van der Waals surface area contributed by atoms with Gasteiger partial charge < -0.3 is 10.6 Å². The number of benzene rings is 1. The van der Waals surface area contributed by atoms with Crippen LogP contribution in [-0.2, 0) is 0 Å². The van der Waals surface area contributed by atoms with Crippen molar-refractivity contribution in [2.45, 2.75) is 6.92 Å². The van der Waals surface area contributed by atoms with Crippen LogP contribution in [0.15, 0.2) is 29.6 Å². The molecular weight excluding hydrogens is 312 g/mol. The summed E-state index contributed by atoms with van der Waals surface area (Å²) in [6, 6.07) is 6.42. The number of urea groups is 1. The van der Waals surface area contributed by atoms with Gasteiger partial charge in [-0.3, -0.25) is 10.1 Å². The number of hydrogen-bond donors (Lipinski definition) is 3. The molecule has 0 fully saturated rings. The summed E-state index contributed by atoms with van der Waals surface area (Å²) in [6.07, 6.45) is 0. The number of amides is 3. The molecule has 0 bridgehead atoms. The molecule has 1 aromatic heterocycles. The van der Waals surface area contributed by atoms with Crippen LogP contribution in [0.1, 0.15) is 17.4 Å². The monoisotopic (exact) mass is 324 g/mol. The van der Waals surface area contributed by atoms with Gasteiger partial charge in [0.1, 0.15) is 5.69 Å². The topological polar surface area (TPSA) is 83.1 Å². The zero-order chi connectivity index (χ0) is 15.2. The van der Waals surface area contributed by atoms with Gasteiger partial charge >= 0.3 is 6.03 Å². The molecule has 6 nitrogen and oxygen atoms in total. The molecule has 1 aromatic carbocycles. The Morgan fingerprint density at radius 3 is 2.76 bits per heavy atom. The average molecular weight is 325 g/mol. The highest BCUT2D eigenvalue weighted by Gasteiger charge is 2.12. The van der Waals surface area contributed by atoms with Gasteiger partial charge in [0.15, 0.2) is 5.13 Å². The molecule has 2 aromatic rings. The summed E-state index contributed by atoms with van der Waals surface area (Å²) < 4.78 is 0. The lowest BCUT2D eigenvalue weighted by molar-refractivity contribution is 0.0951. The molecule has 0 spiro atoms. The van der Waals surface area contributed by atoms with Crippen LogP contribution in [0.25, 0.3) is 0 Å². The van der Waals surface area contributed by atoms with Crippen LogP contribution in [0.2, 0.25) is 5.02 Å². The van der Waals surface area contributed by atoms with Gasteiger partial charge in [-0.2, -0.15) is 0 Å². The molecule has 0 radical (unpaired) electrons. The molecule has 0 saturated carbocycles. The molecule has 0 aliphatic rings. The minimum absolute atomic E-state index is 0.270. The third-order valence-electron chi connectivity index (χ3n) is 2.42. The summed E-state index contributed by atoms with van der Waals surface area (Å²) in [6.45, 7) is 2.34. The lowest BCUT2D eigenvalue weighted by Crippen LogP contribution is -2.23. The van der Waals surface area contributed by atoms with Crippen LogP contribution >= 0.6 is 22.9 Å². The van der Waals surface area contributed by atoms with Gasteiger partial charge in [-0.1, -0.05) is 23.7 Å². The van der Waals surface area contributed by atoms with E-state index in [1.54, 1.807) is 29.6 Å². The number of carbonyl (C=O) groups excluding carboxylic acids is 2. The van der Waals surface area contributed by atoms with Crippen molar-refractivity contribution in [3.8, 4) is 0 Å². The van der Waals surface area contributed by atoms with Crippen LogP contribution in [0, 0.1) is 0 Å². The fourth-order valence-corrected chi connectivity index (χ4v) is 2.37. The average Bonchev–Trinajstić information content (AvgIpc) is 2.90. The van der Waals surface area contributed by atoms with E-state index in [9.17, 15) is 9.59 Å². The number of rotatable bonds is 4. The highest BCUT2D eigenvalue weighted by Crippen LogP contribution is 2.21. The van der Waals surface area contributed by atoms with E-state index in [-0.39, 0.29) is 11.6 Å². The van der Waals surface area contributed by atoms with Gasteiger partial charge in [0.05, 0.1) is 10.7 Å². The van der Waals surface area contributed by atoms with Gasteiger partial charge in [0, 0.05) is 11.9 Å². The standard InChI is InChI=1S/C13H13ClN4O2S/c1-2-15-11(19)10-7-21-13(17-10)18-12(20)16-9-6-4-3-5-8(9)14/h3-7H,2H2,1H3,(H,15,19)(H2,16,17,18,20). The second-order valence-corrected chi connectivity index (χ2v) is 5.22. The van der Waals surface area contributed by atoms with Crippen molar-refractivity contribution < 1.29 is 9.59 Å². The van der Waals surface area contributed by atoms with Crippen molar-refractivity contribution in [2.24, 2.45) is 0 Å². The first-order chi connectivity index (χ1) is 10.1. The SMILES string of the molecule is CCNC(=O)c1csc(NC(=O)Nc2ccccc2Cl)n1. The fraction of sp³-hybridized carbons (Fsp3) is 0.154. The molecule has 8 heteroatoms. The van der Waals surface area contributed by atoms with Gasteiger partial charge in [0.25, 0.3) is 5.91 Å². The molecule has 3 amide bonds. The summed E-state index contributed by atoms with van der Waals surface area (Å²) in [5, 5.41) is 10.1. The first kappa shape index (κ1) is 15.3. The minimum Gasteiger partial charge on any atom is -0.351 e. The third kappa shape index (κ3) is 4.17. The molecule has 110 valence electrons. The number of carbonyl (C=O) groups is 2. The van der Waals surface area contributed by atoms with Crippen molar-refractivity contribution in [3.05, 3.63) is 40.4 Å². The van der Waals surface area contributed by atoms with Crippen LogP contribution < -0.4 is 16.0 Å². The Kier molecular flexibility index (Phi) is 5.13. The lowest BCUT2D eigenvalue weighted by Gasteiger charge is -2.06. The summed E-state index contributed by atoms with van der Waals surface area (Å²) >= 11 is 7.11. The number of nitrogens with one attached hydrogen (secondary N) is 3. The predicted octanol–water partition coefficient (Wildman–Crippen LogP) is 3.19. The number of hydrogen-bond acceptors (Lipinski definition) is 4. The molecule has 21 heavy (non-hydrogen) atoms. The van der Waals surface area contributed by atoms with Crippen molar-refractivity contribution in [2.75, 3.05) is 17.2 Å². The third-order valence-corrected chi connectivity index (χ3v) is 3.50. The fourth-order valence-electron chi connectivity index (χ4n) is 1.50. The normalized spacial score (nSPS) is 10.0. The van der Waals surface area contributed by atoms with E-state index >= 15 is 0 Å². The van der Waals surface area contributed by atoms with Crippen molar-refractivity contribution >= 4 is 45.7 Å². The smallest absolute Gasteiger partial charge is 0.325 e. The van der Waals surface area contributed by atoms with Gasteiger partial charge in [-0.05, 0) is 19.1 Å². The summed E-state index contributed by atoms with van der Waals surface area (Å²) in [5.41, 5.74) is 0.770. The molecular formula is C13H13ClN4O2S. The maximum atomic E-state index is 11.8. The number of aromatic nitrogens is 1. The molecule has 0 aliphatic heterocycles. The summed E-state index contributed by atoms with van der Waals surface area (Å²) in [4.78, 5) is 27.4. The predicted molar refractivity (Wildman–Crippen MR) is 84.2 cm³/mol. The molecule has 0 saturated heterocycles. The highest BCUT2D eigenvalue weighted by atomic mass is 35.5. The van der Waals surface area contributed by atoms with Crippen LogP contribution in [0.3, 0.4) is 0 Å². The van der Waals surface area contributed by atoms with E-state index in [4.69, 9.17) is 11.6 Å². The van der Waals surface area contributed by atoms with Gasteiger partial charge in [-0.15, -0.1) is 11.3 Å². The van der Waals surface area contributed by atoms with E-state index in [2.05, 4.69) is 20.9 Å². The van der Waals surface area contributed by atoms with Crippen molar-refractivity contribution in [1.82, 2.24) is 10.3 Å². The molecule has 0 unspecified atom stereocenters. The van der Waals surface area contributed by atoms with Crippen LogP contribution in [0.5, 0.6) is 0 Å². The van der Waals surface area contributed by atoms with Crippen molar-refractivity contribution in [3.63, 3.8) is 0 Å². The van der Waals surface area contributed by atoms with Crippen molar-refractivity contribution in [1.29, 1.82) is 0 Å². The Hall–Kier alpha value is -2.12. The highest BCUT2D eigenvalue weighted by molar-refractivity contribution is 7.14. The zero-order valence-corrected chi connectivity index (χ0v) is 12.7. The van der Waals surface area contributed by atoms with Gasteiger partial charge in [0.2, 0.25) is 0 Å². The first-order valence-corrected chi connectivity index (χ1v) is 7.42. The van der Waals surface area contributed by atoms with E-state index in [1.807, 2.05) is 6.92 Å². The molecule has 0 atom stereocenters. The molecule has 1 heterocycles. The Bertz CT molecular complexity index is 659. The number of nitrogens with zero attached hydrogens (tertiary/aromatic N) is 1. The Balaban J connectivity index is 1.97. The van der Waals surface area contributed by atoms with E-state index in [0.717, 1.165) is 0 Å². The number of halogens is 1. The summed E-state index contributed by atoms with van der Waals surface area (Å²) in [7, 11) is 0. The van der Waals surface area contributed by atoms with E-state index in [0.29, 0.717) is 22.4 Å². The first-order valence-electron chi connectivity index (χ1n) is 6.16. The Labute approximate surface area is 130 Å². The Morgan fingerprint density at radius 2 is 2.05 bits per heavy atom. The van der Waals surface area contributed by atoms with E-state index < -0.39 is 6.03 Å². The molecule has 0 aliphatic carbocycles. The molecule has 2 rings (SSSR count). The quantitative estimate of drug-likeness (QED) is 0.807. The lowest BCUT2D eigenvalue weighted by atomic mass is 10.3. The Morgan fingerprint density at radius 1 is 1.29 bits per heavy atom. The number of para-hydroxylation sites is 1. The molecule has 3 N–H and O–H groups in total. The van der Waals surface area contributed by atoms with Crippen LogP contribution in [0.4, 0.5) is 15.6 Å². The van der Waals surface area contributed by atoms with Crippen LogP contribution in [-0.4, -0.2) is 23.5 Å². The number of anilines is 2. The zero-order valence-electron chi connectivity index (χ0n) is 11.1. The minimum atomic E-state index is -0.472. The number of thiazole rings is 1. The summed E-state index contributed by atoms with van der Waals surface area (Å²) in [5.74, 6) is -0.270. The van der Waals surface area contributed by atoms with E-state index in [1.165, 1.54) is 11.3 Å².